The number of hydrogen-bond donors (Lipinski definition) is 2. The molecular formula is C18H18ClF6N3O2S. The lowest BCUT2D eigenvalue weighted by molar-refractivity contribution is -0.144. The first-order valence-corrected chi connectivity index (χ1v) is 10.6. The van der Waals surface area contributed by atoms with Crippen molar-refractivity contribution >= 4 is 29.3 Å². The lowest BCUT2D eigenvalue weighted by Gasteiger charge is -2.38. The van der Waals surface area contributed by atoms with Crippen molar-refractivity contribution in [1.29, 1.82) is 0 Å². The first kappa shape index (κ1) is 24.2. The van der Waals surface area contributed by atoms with Crippen molar-refractivity contribution in [3.05, 3.63) is 46.1 Å². The average Bonchev–Trinajstić information content (AvgIpc) is 2.69. The van der Waals surface area contributed by atoms with Crippen LogP contribution < -0.4 is 5.32 Å². The molecular weight excluding hydrogens is 472 g/mol. The Morgan fingerprint density at radius 3 is 2.35 bits per heavy atom. The second kappa shape index (κ2) is 9.18. The Bertz CT molecular complexity index is 845. The molecule has 2 heterocycles. The number of thioether (sulfide) groups is 1. The molecule has 5 nitrogen and oxygen atoms in total. The van der Waals surface area contributed by atoms with E-state index in [1.54, 1.807) is 6.26 Å². The third-order valence-electron chi connectivity index (χ3n) is 4.86. The van der Waals surface area contributed by atoms with Gasteiger partial charge in [-0.3, -0.25) is 5.32 Å². The molecule has 0 spiro atoms. The molecule has 1 aromatic carbocycles. The Morgan fingerprint density at radius 1 is 1.19 bits per heavy atom. The molecule has 3 atom stereocenters. The predicted octanol–water partition coefficient (Wildman–Crippen LogP) is 4.70. The van der Waals surface area contributed by atoms with E-state index in [0.29, 0.717) is 22.3 Å². The third kappa shape index (κ3) is 5.67. The van der Waals surface area contributed by atoms with Crippen LogP contribution in [-0.2, 0) is 23.5 Å². The predicted molar refractivity (Wildman–Crippen MR) is 104 cm³/mol. The summed E-state index contributed by atoms with van der Waals surface area (Å²) in [7, 11) is 0. The summed E-state index contributed by atoms with van der Waals surface area (Å²) in [4.78, 5) is 4.20. The first-order valence-electron chi connectivity index (χ1n) is 8.98. The Kier molecular flexibility index (Phi) is 7.16. The van der Waals surface area contributed by atoms with Gasteiger partial charge in [-0.25, -0.2) is 4.99 Å². The highest BCUT2D eigenvalue weighted by Crippen LogP contribution is 2.37. The number of alkyl halides is 7. The van der Waals surface area contributed by atoms with Crippen LogP contribution in [0.5, 0.6) is 0 Å². The minimum absolute atomic E-state index is 0.0638. The molecule has 31 heavy (non-hydrogen) atoms. The standard InChI is InChI=1S/C18H18ClF6N3O2S/c1-31-15-6-14(19)28(29)13(12-7-26-8-27-16(12)30-15)4-9-2-10(17(20,21)22)5-11(3-9)18(23,24)25/h2-3,5-6,12-14,26,29H,4,7-8H2,1H3. The van der Waals surface area contributed by atoms with Gasteiger partial charge in [0.25, 0.3) is 0 Å². The molecule has 0 aliphatic carbocycles. The number of ether oxygens (including phenoxy) is 1. The van der Waals surface area contributed by atoms with Gasteiger partial charge in [-0.1, -0.05) is 23.4 Å². The van der Waals surface area contributed by atoms with Crippen LogP contribution in [0, 0.1) is 5.92 Å². The van der Waals surface area contributed by atoms with E-state index >= 15 is 0 Å². The average molecular weight is 490 g/mol. The number of aliphatic imine (C=N–C) groups is 1. The minimum Gasteiger partial charge on any atom is -0.436 e. The number of rotatable bonds is 3. The van der Waals surface area contributed by atoms with Crippen molar-refractivity contribution in [1.82, 2.24) is 10.4 Å². The number of hydrogen-bond acceptors (Lipinski definition) is 6. The van der Waals surface area contributed by atoms with Crippen LogP contribution in [0.25, 0.3) is 0 Å². The summed E-state index contributed by atoms with van der Waals surface area (Å²) < 4.78 is 85.0. The Morgan fingerprint density at radius 2 is 1.81 bits per heavy atom. The van der Waals surface area contributed by atoms with Gasteiger partial charge in [0, 0.05) is 6.54 Å². The van der Waals surface area contributed by atoms with Gasteiger partial charge in [0.2, 0.25) is 0 Å². The van der Waals surface area contributed by atoms with Crippen LogP contribution in [0.4, 0.5) is 26.3 Å². The van der Waals surface area contributed by atoms with Crippen molar-refractivity contribution in [3.8, 4) is 0 Å². The summed E-state index contributed by atoms with van der Waals surface area (Å²) in [5.74, 6) is -0.449. The van der Waals surface area contributed by atoms with Crippen molar-refractivity contribution in [2.75, 3.05) is 19.5 Å². The van der Waals surface area contributed by atoms with E-state index in [-0.39, 0.29) is 37.2 Å². The third-order valence-corrected chi connectivity index (χ3v) is 5.81. The number of benzene rings is 1. The molecule has 1 aromatic rings. The largest absolute Gasteiger partial charge is 0.436 e. The zero-order chi connectivity index (χ0) is 23.0. The van der Waals surface area contributed by atoms with Crippen LogP contribution in [-0.4, -0.2) is 47.2 Å². The molecule has 0 saturated heterocycles. The van der Waals surface area contributed by atoms with Crippen molar-refractivity contribution < 1.29 is 36.3 Å². The Balaban J connectivity index is 2.04. The van der Waals surface area contributed by atoms with E-state index in [9.17, 15) is 31.5 Å². The molecule has 13 heteroatoms. The normalized spacial score (nSPS) is 25.6. The summed E-state index contributed by atoms with van der Waals surface area (Å²) in [6, 6.07) is 0.344. The highest BCUT2D eigenvalue weighted by Gasteiger charge is 2.40. The molecule has 2 aliphatic rings. The monoisotopic (exact) mass is 489 g/mol. The Labute approximate surface area is 183 Å². The summed E-state index contributed by atoms with van der Waals surface area (Å²) >= 11 is 7.41. The maximum atomic E-state index is 13.2. The SMILES string of the molecule is CSC1=CC(Cl)N(O)C(Cc2cc(C(F)(F)F)cc(C(F)(F)F)c2)C2CNCN=C2O1. The zero-order valence-corrected chi connectivity index (χ0v) is 17.5. The number of fused-ring (bicyclic) bond motifs is 1. The van der Waals surface area contributed by atoms with Gasteiger partial charge in [0.1, 0.15) is 5.50 Å². The fraction of sp³-hybridized carbons (Fsp3) is 0.500. The van der Waals surface area contributed by atoms with Crippen molar-refractivity contribution in [2.45, 2.75) is 30.3 Å². The molecule has 0 fully saturated rings. The van der Waals surface area contributed by atoms with E-state index in [4.69, 9.17) is 16.3 Å². The lowest BCUT2D eigenvalue weighted by Crippen LogP contribution is -2.52. The molecule has 3 rings (SSSR count). The van der Waals surface area contributed by atoms with E-state index in [1.165, 1.54) is 17.8 Å². The number of nitrogens with one attached hydrogen (secondary N) is 1. The molecule has 3 unspecified atom stereocenters. The van der Waals surface area contributed by atoms with E-state index in [0.717, 1.165) is 0 Å². The molecule has 172 valence electrons. The number of nitrogens with zero attached hydrogens (tertiary/aromatic N) is 2. The van der Waals surface area contributed by atoms with Gasteiger partial charge < -0.3 is 9.94 Å². The smallest absolute Gasteiger partial charge is 0.416 e. The quantitative estimate of drug-likeness (QED) is 0.366. The van der Waals surface area contributed by atoms with Gasteiger partial charge in [0.15, 0.2) is 11.0 Å². The molecule has 0 saturated carbocycles. The fourth-order valence-corrected chi connectivity index (χ4v) is 4.15. The fourth-order valence-electron chi connectivity index (χ4n) is 3.38. The van der Waals surface area contributed by atoms with E-state index in [1.807, 2.05) is 0 Å². The number of halogens is 7. The van der Waals surface area contributed by atoms with Crippen LogP contribution in [0.1, 0.15) is 16.7 Å². The van der Waals surface area contributed by atoms with Gasteiger partial charge in [0.05, 0.1) is 29.8 Å². The highest BCUT2D eigenvalue weighted by molar-refractivity contribution is 8.02. The summed E-state index contributed by atoms with van der Waals surface area (Å²) in [6.45, 7) is 0.453. The molecule has 0 bridgehead atoms. The van der Waals surface area contributed by atoms with Crippen molar-refractivity contribution in [2.24, 2.45) is 10.9 Å². The second-order valence-corrected chi connectivity index (χ2v) is 8.20. The number of hydroxylamine groups is 2. The maximum absolute atomic E-state index is 13.2. The molecule has 2 aliphatic heterocycles. The zero-order valence-electron chi connectivity index (χ0n) is 16.0. The van der Waals surface area contributed by atoms with Crippen LogP contribution in [0.15, 0.2) is 34.4 Å². The van der Waals surface area contributed by atoms with Gasteiger partial charge in [-0.2, -0.15) is 31.4 Å². The van der Waals surface area contributed by atoms with E-state index in [2.05, 4.69) is 10.3 Å². The van der Waals surface area contributed by atoms with Crippen LogP contribution in [0.3, 0.4) is 0 Å². The Hall–Kier alpha value is -1.47. The van der Waals surface area contributed by atoms with Crippen LogP contribution in [0.2, 0.25) is 0 Å². The molecule has 0 radical (unpaired) electrons. The summed E-state index contributed by atoms with van der Waals surface area (Å²) in [5, 5.41) is 14.7. The van der Waals surface area contributed by atoms with Gasteiger partial charge in [-0.15, -0.1) is 0 Å². The summed E-state index contributed by atoms with van der Waals surface area (Å²) in [6.07, 6.45) is -7.20. The maximum Gasteiger partial charge on any atom is 0.416 e. The van der Waals surface area contributed by atoms with Crippen molar-refractivity contribution in [3.63, 3.8) is 0 Å². The molecule has 0 aromatic heterocycles. The molecule has 2 N–H and O–H groups in total. The van der Waals surface area contributed by atoms with Gasteiger partial charge >= 0.3 is 12.4 Å². The second-order valence-electron chi connectivity index (χ2n) is 6.95. The summed E-state index contributed by atoms with van der Waals surface area (Å²) in [5.41, 5.74) is -4.23. The van der Waals surface area contributed by atoms with Gasteiger partial charge in [-0.05, 0) is 42.5 Å². The van der Waals surface area contributed by atoms with Crippen LogP contribution >= 0.6 is 23.4 Å². The first-order chi connectivity index (χ1) is 14.4. The topological polar surface area (TPSA) is 57.1 Å². The van der Waals surface area contributed by atoms with E-state index < -0.39 is 40.9 Å². The highest BCUT2D eigenvalue weighted by atomic mass is 35.5. The minimum atomic E-state index is -4.97. The molecule has 0 amide bonds. The lowest BCUT2D eigenvalue weighted by atomic mass is 9.90.